The molecule has 4 nitrogen and oxygen atoms in total. The van der Waals surface area contributed by atoms with E-state index in [0.29, 0.717) is 6.54 Å². The van der Waals surface area contributed by atoms with Crippen LogP contribution >= 0.6 is 0 Å². The predicted octanol–water partition coefficient (Wildman–Crippen LogP) is 2.75. The Morgan fingerprint density at radius 3 is 2.89 bits per heavy atom. The van der Waals surface area contributed by atoms with E-state index < -0.39 is 0 Å². The molecule has 0 radical (unpaired) electrons. The summed E-state index contributed by atoms with van der Waals surface area (Å²) in [5, 5.41) is 11.8. The van der Waals surface area contributed by atoms with Crippen molar-refractivity contribution in [2.24, 2.45) is 5.73 Å². The maximum Gasteiger partial charge on any atom is 0.136 e. The van der Waals surface area contributed by atoms with Crippen molar-refractivity contribution in [3.8, 4) is 0 Å². The average Bonchev–Trinajstić information content (AvgIpc) is 2.78. The largest absolute Gasteiger partial charge is 0.461 e. The van der Waals surface area contributed by atoms with Gasteiger partial charge in [-0.05, 0) is 25.1 Å². The summed E-state index contributed by atoms with van der Waals surface area (Å²) in [6, 6.07) is 5.90. The fraction of sp³-hybridized carbons (Fsp3) is 0.357. The predicted molar refractivity (Wildman–Crippen MR) is 75.6 cm³/mol. The number of fused-ring (bicyclic) bond motifs is 1. The molecule has 1 atom stereocenters. The zero-order valence-electron chi connectivity index (χ0n) is 10.8. The molecule has 0 bridgehead atoms. The molecule has 4 N–H and O–H groups in total. The van der Waals surface area contributed by atoms with E-state index in [0.717, 1.165) is 34.4 Å². The average molecular weight is 245 g/mol. The van der Waals surface area contributed by atoms with Gasteiger partial charge in [-0.3, -0.25) is 0 Å². The van der Waals surface area contributed by atoms with Gasteiger partial charge in [-0.25, -0.2) is 0 Å². The second kappa shape index (κ2) is 5.23. The van der Waals surface area contributed by atoms with Crippen LogP contribution in [-0.4, -0.2) is 18.8 Å². The van der Waals surface area contributed by atoms with Gasteiger partial charge in [0.2, 0.25) is 0 Å². The molecule has 0 amide bonds. The van der Waals surface area contributed by atoms with Gasteiger partial charge in [0.25, 0.3) is 0 Å². The Labute approximate surface area is 107 Å². The third-order valence-electron chi connectivity index (χ3n) is 2.89. The molecule has 0 aliphatic heterocycles. The molecule has 0 saturated heterocycles. The SMILES string of the molecule is CCc1cc2c(NC[C@H](C)N)c(C=N)ccc2o1. The Balaban J connectivity index is 2.49. The molecule has 0 spiro atoms. The van der Waals surface area contributed by atoms with Gasteiger partial charge in [0.15, 0.2) is 0 Å². The zero-order valence-corrected chi connectivity index (χ0v) is 10.8. The Morgan fingerprint density at radius 2 is 2.28 bits per heavy atom. The minimum absolute atomic E-state index is 0.0661. The first kappa shape index (κ1) is 12.6. The number of anilines is 1. The minimum Gasteiger partial charge on any atom is -0.461 e. The lowest BCUT2D eigenvalue weighted by atomic mass is 10.1. The number of benzene rings is 1. The van der Waals surface area contributed by atoms with Crippen LogP contribution in [0.5, 0.6) is 0 Å². The first-order chi connectivity index (χ1) is 8.65. The second-order valence-electron chi connectivity index (χ2n) is 4.51. The molecule has 0 saturated carbocycles. The molecule has 1 aromatic carbocycles. The number of aryl methyl sites for hydroxylation is 1. The maximum atomic E-state index is 7.47. The van der Waals surface area contributed by atoms with Crippen LogP contribution in [-0.2, 0) is 6.42 Å². The van der Waals surface area contributed by atoms with E-state index in [9.17, 15) is 0 Å². The van der Waals surface area contributed by atoms with Gasteiger partial charge >= 0.3 is 0 Å². The smallest absolute Gasteiger partial charge is 0.136 e. The molecule has 1 aromatic heterocycles. The number of hydrogen-bond donors (Lipinski definition) is 3. The van der Waals surface area contributed by atoms with Gasteiger partial charge in [-0.1, -0.05) is 6.92 Å². The number of nitrogens with two attached hydrogens (primary N) is 1. The van der Waals surface area contributed by atoms with Crippen molar-refractivity contribution in [2.45, 2.75) is 26.3 Å². The summed E-state index contributed by atoms with van der Waals surface area (Å²) in [6.45, 7) is 4.68. The van der Waals surface area contributed by atoms with Crippen molar-refractivity contribution < 1.29 is 4.42 Å². The van der Waals surface area contributed by atoms with E-state index in [4.69, 9.17) is 15.6 Å². The normalized spacial score (nSPS) is 12.6. The Hall–Kier alpha value is -1.81. The van der Waals surface area contributed by atoms with Crippen molar-refractivity contribution >= 4 is 22.9 Å². The molecule has 1 heterocycles. The summed E-state index contributed by atoms with van der Waals surface area (Å²) in [5.74, 6) is 0.955. The molecular weight excluding hydrogens is 226 g/mol. The summed E-state index contributed by atoms with van der Waals surface area (Å²) < 4.78 is 5.72. The van der Waals surface area contributed by atoms with Crippen LogP contribution in [0.3, 0.4) is 0 Å². The first-order valence-corrected chi connectivity index (χ1v) is 6.21. The van der Waals surface area contributed by atoms with E-state index in [-0.39, 0.29) is 6.04 Å². The van der Waals surface area contributed by atoms with Crippen LogP contribution in [0.4, 0.5) is 5.69 Å². The number of furan rings is 1. The highest BCUT2D eigenvalue weighted by Crippen LogP contribution is 2.29. The van der Waals surface area contributed by atoms with Crippen LogP contribution in [0, 0.1) is 5.41 Å². The monoisotopic (exact) mass is 245 g/mol. The Kier molecular flexibility index (Phi) is 3.67. The summed E-state index contributed by atoms with van der Waals surface area (Å²) in [7, 11) is 0. The van der Waals surface area contributed by atoms with E-state index in [1.165, 1.54) is 6.21 Å². The lowest BCUT2D eigenvalue weighted by Crippen LogP contribution is -2.25. The maximum absolute atomic E-state index is 7.47. The van der Waals surface area contributed by atoms with Crippen molar-refractivity contribution in [1.82, 2.24) is 0 Å². The van der Waals surface area contributed by atoms with E-state index >= 15 is 0 Å². The van der Waals surface area contributed by atoms with Crippen LogP contribution < -0.4 is 11.1 Å². The van der Waals surface area contributed by atoms with E-state index in [1.54, 1.807) is 0 Å². The van der Waals surface area contributed by atoms with Crippen molar-refractivity contribution in [1.29, 1.82) is 5.41 Å². The Bertz CT molecular complexity index is 557. The highest BCUT2D eigenvalue weighted by atomic mass is 16.3. The lowest BCUT2D eigenvalue weighted by Gasteiger charge is -2.12. The fourth-order valence-electron chi connectivity index (χ4n) is 1.94. The quantitative estimate of drug-likeness (QED) is 0.709. The van der Waals surface area contributed by atoms with E-state index in [1.807, 2.05) is 25.1 Å². The third-order valence-corrected chi connectivity index (χ3v) is 2.89. The summed E-state index contributed by atoms with van der Waals surface area (Å²) in [5.41, 5.74) is 8.40. The van der Waals surface area contributed by atoms with Gasteiger partial charge in [-0.15, -0.1) is 0 Å². The molecule has 0 aliphatic rings. The van der Waals surface area contributed by atoms with E-state index in [2.05, 4.69) is 12.2 Å². The van der Waals surface area contributed by atoms with Gasteiger partial charge < -0.3 is 20.9 Å². The van der Waals surface area contributed by atoms with Gasteiger partial charge in [0.1, 0.15) is 11.3 Å². The first-order valence-electron chi connectivity index (χ1n) is 6.21. The van der Waals surface area contributed by atoms with Crippen molar-refractivity contribution in [2.75, 3.05) is 11.9 Å². The topological polar surface area (TPSA) is 75.0 Å². The van der Waals surface area contributed by atoms with Crippen LogP contribution in [0.2, 0.25) is 0 Å². The third kappa shape index (κ3) is 2.38. The van der Waals surface area contributed by atoms with Crippen LogP contribution in [0.15, 0.2) is 22.6 Å². The molecule has 0 fully saturated rings. The van der Waals surface area contributed by atoms with Crippen LogP contribution in [0.1, 0.15) is 25.2 Å². The number of nitrogens with one attached hydrogen (secondary N) is 2. The Morgan fingerprint density at radius 1 is 1.50 bits per heavy atom. The molecule has 18 heavy (non-hydrogen) atoms. The van der Waals surface area contributed by atoms with Gasteiger partial charge in [-0.2, -0.15) is 0 Å². The summed E-state index contributed by atoms with van der Waals surface area (Å²) >= 11 is 0. The molecule has 4 heteroatoms. The summed E-state index contributed by atoms with van der Waals surface area (Å²) in [4.78, 5) is 0. The highest BCUT2D eigenvalue weighted by molar-refractivity contribution is 6.01. The zero-order chi connectivity index (χ0) is 13.1. The standard InChI is InChI=1S/C14H19N3O/c1-3-11-6-12-13(18-11)5-4-10(7-15)14(12)17-8-9(2)16/h4-7,9,15,17H,3,8,16H2,1-2H3/t9-/m0/s1. The lowest BCUT2D eigenvalue weighted by molar-refractivity contribution is 0.557. The molecule has 2 rings (SSSR count). The van der Waals surface area contributed by atoms with Crippen molar-refractivity contribution in [3.05, 3.63) is 29.5 Å². The van der Waals surface area contributed by atoms with Crippen molar-refractivity contribution in [3.63, 3.8) is 0 Å². The van der Waals surface area contributed by atoms with Gasteiger partial charge in [0, 0.05) is 36.2 Å². The number of hydrogen-bond acceptors (Lipinski definition) is 4. The molecule has 0 unspecified atom stereocenters. The highest BCUT2D eigenvalue weighted by Gasteiger charge is 2.11. The second-order valence-corrected chi connectivity index (χ2v) is 4.51. The number of rotatable bonds is 5. The minimum atomic E-state index is 0.0661. The fourth-order valence-corrected chi connectivity index (χ4v) is 1.94. The molecule has 2 aromatic rings. The molecular formula is C14H19N3O. The molecule has 96 valence electrons. The van der Waals surface area contributed by atoms with Crippen LogP contribution in [0.25, 0.3) is 11.0 Å². The summed E-state index contributed by atoms with van der Waals surface area (Å²) in [6.07, 6.45) is 2.21. The van der Waals surface area contributed by atoms with Gasteiger partial charge in [0.05, 0.1) is 5.69 Å². The molecule has 0 aliphatic carbocycles.